The molecule has 1 aliphatic rings. The van der Waals surface area contributed by atoms with Gasteiger partial charge in [0.1, 0.15) is 12.4 Å². The summed E-state index contributed by atoms with van der Waals surface area (Å²) in [5.41, 5.74) is 0. The predicted molar refractivity (Wildman–Crippen MR) is 92.7 cm³/mol. The Balaban J connectivity index is 1.66. The van der Waals surface area contributed by atoms with Crippen molar-refractivity contribution in [2.24, 2.45) is 0 Å². The van der Waals surface area contributed by atoms with E-state index in [9.17, 15) is 4.79 Å². The van der Waals surface area contributed by atoms with Crippen LogP contribution in [0.1, 0.15) is 20.8 Å². The van der Waals surface area contributed by atoms with E-state index in [2.05, 4.69) is 15.1 Å². The van der Waals surface area contributed by atoms with E-state index in [0.717, 1.165) is 38.5 Å². The molecule has 0 aliphatic carbocycles. The number of piperazine rings is 1. The van der Waals surface area contributed by atoms with Crippen LogP contribution in [-0.4, -0.2) is 67.1 Å². The average Bonchev–Trinajstić information content (AvgIpc) is 2.55. The van der Waals surface area contributed by atoms with Gasteiger partial charge in [0.05, 0.1) is 6.04 Å². The van der Waals surface area contributed by atoms with E-state index >= 15 is 0 Å². The zero-order valence-corrected chi connectivity index (χ0v) is 14.5. The number of hydrogen-bond acceptors (Lipinski definition) is 4. The second-order valence-electron chi connectivity index (χ2n) is 6.38. The van der Waals surface area contributed by atoms with E-state index in [1.165, 1.54) is 0 Å². The quantitative estimate of drug-likeness (QED) is 0.829. The molecule has 1 N–H and O–H groups in total. The van der Waals surface area contributed by atoms with Crippen molar-refractivity contribution in [2.75, 3.05) is 39.3 Å². The number of ether oxygens (including phenoxy) is 1. The van der Waals surface area contributed by atoms with Crippen LogP contribution in [0.15, 0.2) is 30.3 Å². The van der Waals surface area contributed by atoms with Crippen LogP contribution >= 0.6 is 0 Å². The van der Waals surface area contributed by atoms with Gasteiger partial charge in [0.25, 0.3) is 0 Å². The van der Waals surface area contributed by atoms with Crippen molar-refractivity contribution in [3.63, 3.8) is 0 Å². The molecule has 0 radical (unpaired) electrons. The van der Waals surface area contributed by atoms with Gasteiger partial charge in [-0.05, 0) is 32.9 Å². The lowest BCUT2D eigenvalue weighted by atomic mass is 10.2. The summed E-state index contributed by atoms with van der Waals surface area (Å²) in [7, 11) is 0. The normalized spacial score (nSPS) is 17.9. The molecule has 23 heavy (non-hydrogen) atoms. The van der Waals surface area contributed by atoms with Gasteiger partial charge in [-0.3, -0.25) is 14.6 Å². The van der Waals surface area contributed by atoms with Gasteiger partial charge in [-0.15, -0.1) is 0 Å². The lowest BCUT2D eigenvalue weighted by Crippen LogP contribution is -2.54. The molecule has 0 spiro atoms. The van der Waals surface area contributed by atoms with Crippen molar-refractivity contribution in [1.82, 2.24) is 15.1 Å². The maximum atomic E-state index is 12.1. The second-order valence-corrected chi connectivity index (χ2v) is 6.38. The molecule has 1 heterocycles. The molecule has 0 aromatic heterocycles. The first kappa shape index (κ1) is 17.8. The molecule has 1 aromatic carbocycles. The van der Waals surface area contributed by atoms with Gasteiger partial charge in [-0.25, -0.2) is 0 Å². The molecular weight excluding hydrogens is 290 g/mol. The molecule has 5 nitrogen and oxygen atoms in total. The van der Waals surface area contributed by atoms with Gasteiger partial charge in [-0.2, -0.15) is 0 Å². The summed E-state index contributed by atoms with van der Waals surface area (Å²) in [5, 5.41) is 2.99. The zero-order valence-electron chi connectivity index (χ0n) is 14.5. The molecule has 0 unspecified atom stereocenters. The molecule has 1 aromatic rings. The van der Waals surface area contributed by atoms with Crippen LogP contribution in [0.25, 0.3) is 0 Å². The number of carbonyl (C=O) groups is 1. The topological polar surface area (TPSA) is 44.8 Å². The highest BCUT2D eigenvalue weighted by molar-refractivity contribution is 5.81. The van der Waals surface area contributed by atoms with Gasteiger partial charge in [0.15, 0.2) is 0 Å². The van der Waals surface area contributed by atoms with Crippen molar-refractivity contribution in [3.8, 4) is 5.75 Å². The van der Waals surface area contributed by atoms with Crippen molar-refractivity contribution >= 4 is 5.91 Å². The van der Waals surface area contributed by atoms with Gasteiger partial charge < -0.3 is 10.1 Å². The molecular formula is C18H29N3O2. The van der Waals surface area contributed by atoms with Gasteiger partial charge >= 0.3 is 0 Å². The summed E-state index contributed by atoms with van der Waals surface area (Å²) in [4.78, 5) is 16.7. The minimum atomic E-state index is -0.0554. The van der Waals surface area contributed by atoms with Crippen LogP contribution in [0.3, 0.4) is 0 Å². The van der Waals surface area contributed by atoms with Crippen LogP contribution in [-0.2, 0) is 4.79 Å². The summed E-state index contributed by atoms with van der Waals surface area (Å²) in [6.45, 7) is 11.4. The third-order valence-electron chi connectivity index (χ3n) is 4.18. The van der Waals surface area contributed by atoms with E-state index < -0.39 is 0 Å². The maximum absolute atomic E-state index is 12.1. The molecule has 2 rings (SSSR count). The Kier molecular flexibility index (Phi) is 6.86. The van der Waals surface area contributed by atoms with Crippen molar-refractivity contribution in [3.05, 3.63) is 30.3 Å². The fraction of sp³-hybridized carbons (Fsp3) is 0.611. The fourth-order valence-electron chi connectivity index (χ4n) is 2.75. The van der Waals surface area contributed by atoms with Gasteiger partial charge in [0.2, 0.25) is 5.91 Å². The van der Waals surface area contributed by atoms with Crippen LogP contribution in [0.4, 0.5) is 0 Å². The van der Waals surface area contributed by atoms with Crippen LogP contribution < -0.4 is 10.1 Å². The standard InChI is InChI=1S/C18H29N3O2/c1-15(2)19-18(22)16(3)21-11-9-20(10-12-21)13-14-23-17-7-5-4-6-8-17/h4-8,15-16H,9-14H2,1-3H3,(H,19,22)/t16-/m0/s1. The Labute approximate surface area is 139 Å². The first-order chi connectivity index (χ1) is 11.1. The number of rotatable bonds is 7. The van der Waals surface area contributed by atoms with Gasteiger partial charge in [-0.1, -0.05) is 18.2 Å². The summed E-state index contributed by atoms with van der Waals surface area (Å²) < 4.78 is 5.75. The number of para-hydroxylation sites is 1. The SMILES string of the molecule is CC(C)NC(=O)[C@H](C)N1CCN(CCOc2ccccc2)CC1. The number of carbonyl (C=O) groups excluding carboxylic acids is 1. The van der Waals surface area contributed by atoms with Crippen LogP contribution in [0, 0.1) is 0 Å². The number of hydrogen-bond donors (Lipinski definition) is 1. The monoisotopic (exact) mass is 319 g/mol. The molecule has 5 heteroatoms. The lowest BCUT2D eigenvalue weighted by molar-refractivity contribution is -0.127. The highest BCUT2D eigenvalue weighted by Crippen LogP contribution is 2.10. The first-order valence-electron chi connectivity index (χ1n) is 8.51. The summed E-state index contributed by atoms with van der Waals surface area (Å²) >= 11 is 0. The Hall–Kier alpha value is -1.59. The third-order valence-corrected chi connectivity index (χ3v) is 4.18. The van der Waals surface area contributed by atoms with Gasteiger partial charge in [0, 0.05) is 38.8 Å². The van der Waals surface area contributed by atoms with Crippen molar-refractivity contribution in [2.45, 2.75) is 32.9 Å². The Morgan fingerprint density at radius 1 is 1.13 bits per heavy atom. The van der Waals surface area contributed by atoms with E-state index in [4.69, 9.17) is 4.74 Å². The van der Waals surface area contributed by atoms with E-state index in [0.29, 0.717) is 6.61 Å². The van der Waals surface area contributed by atoms with Crippen LogP contribution in [0.2, 0.25) is 0 Å². The predicted octanol–water partition coefficient (Wildman–Crippen LogP) is 1.60. The Bertz CT molecular complexity index is 470. The molecule has 1 saturated heterocycles. The molecule has 128 valence electrons. The minimum Gasteiger partial charge on any atom is -0.492 e. The largest absolute Gasteiger partial charge is 0.492 e. The van der Waals surface area contributed by atoms with E-state index in [-0.39, 0.29) is 18.0 Å². The number of nitrogens with zero attached hydrogens (tertiary/aromatic N) is 2. The van der Waals surface area contributed by atoms with Crippen LogP contribution in [0.5, 0.6) is 5.75 Å². The number of amides is 1. The zero-order chi connectivity index (χ0) is 16.7. The molecule has 0 saturated carbocycles. The molecule has 0 bridgehead atoms. The molecule has 1 aliphatic heterocycles. The lowest BCUT2D eigenvalue weighted by Gasteiger charge is -2.37. The average molecular weight is 319 g/mol. The molecule has 1 atom stereocenters. The highest BCUT2D eigenvalue weighted by Gasteiger charge is 2.25. The number of benzene rings is 1. The van der Waals surface area contributed by atoms with Crippen molar-refractivity contribution in [1.29, 1.82) is 0 Å². The first-order valence-corrected chi connectivity index (χ1v) is 8.51. The van der Waals surface area contributed by atoms with E-state index in [1.54, 1.807) is 0 Å². The summed E-state index contributed by atoms with van der Waals surface area (Å²) in [5.74, 6) is 1.05. The summed E-state index contributed by atoms with van der Waals surface area (Å²) in [6.07, 6.45) is 0. The minimum absolute atomic E-state index is 0.0554. The smallest absolute Gasteiger partial charge is 0.237 e. The highest BCUT2D eigenvalue weighted by atomic mass is 16.5. The van der Waals surface area contributed by atoms with E-state index in [1.807, 2.05) is 51.1 Å². The third kappa shape index (κ3) is 5.84. The summed E-state index contributed by atoms with van der Waals surface area (Å²) in [6, 6.07) is 10.1. The second kappa shape index (κ2) is 8.89. The Morgan fingerprint density at radius 3 is 2.39 bits per heavy atom. The maximum Gasteiger partial charge on any atom is 0.237 e. The Morgan fingerprint density at radius 2 is 1.78 bits per heavy atom. The number of nitrogens with one attached hydrogen (secondary N) is 1. The molecule has 1 amide bonds. The molecule has 1 fully saturated rings. The van der Waals surface area contributed by atoms with Crippen molar-refractivity contribution < 1.29 is 9.53 Å². The fourth-order valence-corrected chi connectivity index (χ4v) is 2.75.